The fraction of sp³-hybridized carbons (Fsp3) is 0.400. The lowest BCUT2D eigenvalue weighted by molar-refractivity contribution is -0.384. The van der Waals surface area contributed by atoms with Gasteiger partial charge in [-0.05, 0) is 31.5 Å². The maximum Gasteiger partial charge on any atom is 0.273 e. The number of halogens is 1. The van der Waals surface area contributed by atoms with Crippen LogP contribution in [0.15, 0.2) is 30.5 Å². The third-order valence-corrected chi connectivity index (χ3v) is 4.13. The van der Waals surface area contributed by atoms with Crippen LogP contribution in [0.2, 0.25) is 0 Å². The van der Waals surface area contributed by atoms with Crippen molar-refractivity contribution in [2.45, 2.75) is 19.4 Å². The van der Waals surface area contributed by atoms with Crippen LogP contribution in [0.5, 0.6) is 0 Å². The number of piperidine rings is 1. The van der Waals surface area contributed by atoms with E-state index in [2.05, 4.69) is 27.9 Å². The van der Waals surface area contributed by atoms with Gasteiger partial charge in [-0.25, -0.2) is 4.68 Å². The third-order valence-electron chi connectivity index (χ3n) is 4.13. The average molecular weight is 367 g/mol. The van der Waals surface area contributed by atoms with Crippen LogP contribution >= 0.6 is 12.4 Å². The lowest BCUT2D eigenvalue weighted by Crippen LogP contribution is -2.48. The number of carbonyl (C=O) groups excluding carboxylic acids is 1. The molecule has 1 aromatic heterocycles. The number of aromatic nitrogens is 3. The molecule has 1 aliphatic rings. The molecule has 1 saturated heterocycles. The smallest absolute Gasteiger partial charge is 0.273 e. The normalized spacial score (nSPS) is 19.7. The molecule has 2 unspecified atom stereocenters. The van der Waals surface area contributed by atoms with Crippen LogP contribution in [-0.2, 0) is 0 Å². The van der Waals surface area contributed by atoms with Crippen molar-refractivity contribution >= 4 is 24.0 Å². The fourth-order valence-corrected chi connectivity index (χ4v) is 2.71. The van der Waals surface area contributed by atoms with E-state index in [1.165, 1.54) is 23.0 Å². The average Bonchev–Trinajstić information content (AvgIpc) is 3.07. The van der Waals surface area contributed by atoms with Crippen LogP contribution in [0.4, 0.5) is 5.69 Å². The number of hydrogen-bond acceptors (Lipinski definition) is 6. The zero-order valence-corrected chi connectivity index (χ0v) is 14.4. The molecule has 25 heavy (non-hydrogen) atoms. The standard InChI is InChI=1S/C15H18N6O3.ClH/c1-10-8-16-6-5-13(10)17-15(22)14-9-20(19-18-14)11-3-2-4-12(7-11)21(23)24;/h2-4,7,9-10,13,16H,5-6,8H2,1H3,(H,17,22);1H. The number of nitro benzene ring substituents is 1. The van der Waals surface area contributed by atoms with Crippen molar-refractivity contribution in [3.8, 4) is 5.69 Å². The van der Waals surface area contributed by atoms with E-state index in [9.17, 15) is 14.9 Å². The van der Waals surface area contributed by atoms with Gasteiger partial charge in [-0.3, -0.25) is 14.9 Å². The molecule has 2 aromatic rings. The number of nitro groups is 1. The summed E-state index contributed by atoms with van der Waals surface area (Å²) in [6.45, 7) is 3.82. The van der Waals surface area contributed by atoms with E-state index >= 15 is 0 Å². The second-order valence-corrected chi connectivity index (χ2v) is 5.88. The van der Waals surface area contributed by atoms with Crippen molar-refractivity contribution in [2.75, 3.05) is 13.1 Å². The molecule has 134 valence electrons. The summed E-state index contributed by atoms with van der Waals surface area (Å²) in [6.07, 6.45) is 2.34. The maximum atomic E-state index is 12.3. The van der Waals surface area contributed by atoms with Crippen molar-refractivity contribution < 1.29 is 9.72 Å². The summed E-state index contributed by atoms with van der Waals surface area (Å²) in [7, 11) is 0. The topological polar surface area (TPSA) is 115 Å². The molecule has 3 rings (SSSR count). The Bertz CT molecular complexity index is 765. The van der Waals surface area contributed by atoms with Crippen LogP contribution in [0.3, 0.4) is 0 Å². The van der Waals surface area contributed by atoms with E-state index in [4.69, 9.17) is 0 Å². The Hall–Kier alpha value is -2.52. The van der Waals surface area contributed by atoms with Crippen LogP contribution in [0.25, 0.3) is 5.69 Å². The number of non-ortho nitro benzene ring substituents is 1. The number of benzene rings is 1. The molecule has 1 aliphatic heterocycles. The molecule has 0 bridgehead atoms. The molecule has 9 nitrogen and oxygen atoms in total. The van der Waals surface area contributed by atoms with Gasteiger partial charge in [0, 0.05) is 18.2 Å². The zero-order valence-electron chi connectivity index (χ0n) is 13.6. The van der Waals surface area contributed by atoms with E-state index in [-0.39, 0.29) is 35.7 Å². The van der Waals surface area contributed by atoms with Gasteiger partial charge in [-0.15, -0.1) is 17.5 Å². The monoisotopic (exact) mass is 366 g/mol. The maximum absolute atomic E-state index is 12.3. The molecule has 0 spiro atoms. The highest BCUT2D eigenvalue weighted by Gasteiger charge is 2.24. The zero-order chi connectivity index (χ0) is 17.1. The molecule has 1 amide bonds. The van der Waals surface area contributed by atoms with Crippen LogP contribution in [0.1, 0.15) is 23.8 Å². The number of nitrogens with zero attached hydrogens (tertiary/aromatic N) is 4. The Morgan fingerprint density at radius 2 is 2.28 bits per heavy atom. The van der Waals surface area contributed by atoms with Crippen molar-refractivity contribution in [3.63, 3.8) is 0 Å². The Kier molecular flexibility index (Phi) is 6.05. The van der Waals surface area contributed by atoms with Crippen molar-refractivity contribution in [1.82, 2.24) is 25.6 Å². The van der Waals surface area contributed by atoms with E-state index in [0.717, 1.165) is 19.5 Å². The molecular formula is C15H19ClN6O3. The summed E-state index contributed by atoms with van der Waals surface area (Å²) < 4.78 is 1.35. The predicted molar refractivity (Wildman–Crippen MR) is 93.2 cm³/mol. The summed E-state index contributed by atoms with van der Waals surface area (Å²) in [4.78, 5) is 22.7. The molecule has 0 saturated carbocycles. The van der Waals surface area contributed by atoms with E-state index in [0.29, 0.717) is 11.6 Å². The minimum atomic E-state index is -0.480. The second kappa shape index (κ2) is 8.04. The highest BCUT2D eigenvalue weighted by atomic mass is 35.5. The Morgan fingerprint density at radius 1 is 1.48 bits per heavy atom. The molecule has 2 N–H and O–H groups in total. The Labute approximate surface area is 150 Å². The van der Waals surface area contributed by atoms with Gasteiger partial charge in [0.05, 0.1) is 16.8 Å². The van der Waals surface area contributed by atoms with Crippen molar-refractivity contribution in [3.05, 3.63) is 46.3 Å². The first-order valence-electron chi connectivity index (χ1n) is 7.73. The quantitative estimate of drug-likeness (QED) is 0.623. The summed E-state index contributed by atoms with van der Waals surface area (Å²) in [5.74, 6) is 0.0555. The van der Waals surface area contributed by atoms with E-state index < -0.39 is 4.92 Å². The van der Waals surface area contributed by atoms with Gasteiger partial charge in [0.25, 0.3) is 11.6 Å². The number of hydrogen-bond donors (Lipinski definition) is 2. The molecule has 2 heterocycles. The van der Waals surface area contributed by atoms with Gasteiger partial charge in [-0.2, -0.15) is 0 Å². The number of carbonyl (C=O) groups is 1. The SMILES string of the molecule is CC1CNCCC1NC(=O)c1cn(-c2cccc([N+](=O)[O-])c2)nn1.Cl. The molecule has 0 aliphatic carbocycles. The molecule has 0 radical (unpaired) electrons. The summed E-state index contributed by atoms with van der Waals surface area (Å²) >= 11 is 0. The van der Waals surface area contributed by atoms with Crippen molar-refractivity contribution in [1.29, 1.82) is 0 Å². The van der Waals surface area contributed by atoms with Crippen LogP contribution in [0, 0.1) is 16.0 Å². The lowest BCUT2D eigenvalue weighted by atomic mass is 9.95. The minimum Gasteiger partial charge on any atom is -0.347 e. The van der Waals surface area contributed by atoms with Gasteiger partial charge in [-0.1, -0.05) is 18.2 Å². The summed E-state index contributed by atoms with van der Waals surface area (Å²) in [5, 5.41) is 24.9. The summed E-state index contributed by atoms with van der Waals surface area (Å²) in [6, 6.07) is 6.10. The fourth-order valence-electron chi connectivity index (χ4n) is 2.71. The second-order valence-electron chi connectivity index (χ2n) is 5.88. The van der Waals surface area contributed by atoms with Crippen LogP contribution in [-0.4, -0.2) is 45.0 Å². The molecule has 1 fully saturated rings. The molecule has 1 aromatic carbocycles. The Morgan fingerprint density at radius 3 is 3.00 bits per heavy atom. The largest absolute Gasteiger partial charge is 0.347 e. The van der Waals surface area contributed by atoms with Crippen LogP contribution < -0.4 is 10.6 Å². The van der Waals surface area contributed by atoms with Gasteiger partial charge in [0.2, 0.25) is 0 Å². The first-order chi connectivity index (χ1) is 11.5. The highest BCUT2D eigenvalue weighted by molar-refractivity contribution is 5.92. The number of nitrogens with one attached hydrogen (secondary N) is 2. The van der Waals surface area contributed by atoms with Gasteiger partial charge in [0.1, 0.15) is 0 Å². The number of rotatable bonds is 4. The molecule has 10 heteroatoms. The first kappa shape index (κ1) is 18.8. The van der Waals surface area contributed by atoms with Gasteiger partial charge < -0.3 is 10.6 Å². The van der Waals surface area contributed by atoms with Gasteiger partial charge >= 0.3 is 0 Å². The minimum absolute atomic E-state index is 0. The van der Waals surface area contributed by atoms with Gasteiger partial charge in [0.15, 0.2) is 5.69 Å². The Balaban J connectivity index is 0.00000225. The van der Waals surface area contributed by atoms with E-state index in [1.807, 2.05) is 0 Å². The molecule has 2 atom stereocenters. The summed E-state index contributed by atoms with van der Waals surface area (Å²) in [5.41, 5.74) is 0.621. The highest BCUT2D eigenvalue weighted by Crippen LogP contribution is 2.16. The third kappa shape index (κ3) is 4.31. The first-order valence-corrected chi connectivity index (χ1v) is 7.73. The van der Waals surface area contributed by atoms with Crippen molar-refractivity contribution in [2.24, 2.45) is 5.92 Å². The molecular weight excluding hydrogens is 348 g/mol. The number of amides is 1. The predicted octanol–water partition coefficient (Wildman–Crippen LogP) is 1.33. The lowest BCUT2D eigenvalue weighted by Gasteiger charge is -2.29. The van der Waals surface area contributed by atoms with E-state index in [1.54, 1.807) is 12.1 Å².